The van der Waals surface area contributed by atoms with Gasteiger partial charge < -0.3 is 20.2 Å². The number of rotatable bonds is 7. The number of piperazine rings is 1. The van der Waals surface area contributed by atoms with Gasteiger partial charge in [-0.1, -0.05) is 37.3 Å². The summed E-state index contributed by atoms with van der Waals surface area (Å²) in [6.07, 6.45) is 2.27. The highest BCUT2D eigenvalue weighted by atomic mass is 16.3. The fraction of sp³-hybridized carbons (Fsp3) is 0.450. The number of aliphatic hydroxyl groups excluding tert-OH is 1. The number of aliphatic hydroxyl groups is 1. The minimum atomic E-state index is -0.309. The average molecular weight is 369 g/mol. The lowest BCUT2D eigenvalue weighted by molar-refractivity contribution is -0.129. The van der Waals surface area contributed by atoms with Crippen LogP contribution in [0.5, 0.6) is 0 Å². The number of carbonyl (C=O) groups excluding carboxylic acids is 1. The van der Waals surface area contributed by atoms with Crippen LogP contribution < -0.4 is 10.2 Å². The molecule has 2 N–H and O–H groups in total. The zero-order valence-electron chi connectivity index (χ0n) is 15.9. The molecule has 27 heavy (non-hydrogen) atoms. The molecule has 1 amide bonds. The van der Waals surface area contributed by atoms with E-state index in [-0.39, 0.29) is 17.9 Å². The Morgan fingerprint density at radius 1 is 1.22 bits per heavy atom. The topological polar surface area (TPSA) is 81.6 Å². The monoisotopic (exact) mass is 369 g/mol. The van der Waals surface area contributed by atoms with Gasteiger partial charge in [-0.25, -0.2) is 9.97 Å². The van der Waals surface area contributed by atoms with Crippen molar-refractivity contribution in [3.8, 4) is 0 Å². The van der Waals surface area contributed by atoms with Crippen LogP contribution in [0.4, 0.5) is 11.6 Å². The van der Waals surface area contributed by atoms with Gasteiger partial charge in [0.05, 0.1) is 13.2 Å². The molecule has 0 radical (unpaired) electrons. The minimum Gasteiger partial charge on any atom is -0.396 e. The maximum Gasteiger partial charge on any atom is 0.241 e. The molecule has 3 rings (SSSR count). The molecule has 2 aromatic rings. The third-order valence-electron chi connectivity index (χ3n) is 4.99. The fourth-order valence-corrected chi connectivity index (χ4v) is 3.14. The number of nitrogens with one attached hydrogen (secondary N) is 1. The van der Waals surface area contributed by atoms with Crippen LogP contribution in [0.25, 0.3) is 0 Å². The first kappa shape index (κ1) is 19.1. The van der Waals surface area contributed by atoms with Crippen molar-refractivity contribution in [2.24, 2.45) is 5.41 Å². The van der Waals surface area contributed by atoms with Crippen molar-refractivity contribution in [2.45, 2.75) is 13.3 Å². The van der Waals surface area contributed by atoms with Gasteiger partial charge in [0.1, 0.15) is 18.0 Å². The zero-order chi connectivity index (χ0) is 19.3. The van der Waals surface area contributed by atoms with Gasteiger partial charge in [-0.15, -0.1) is 0 Å². The van der Waals surface area contributed by atoms with Gasteiger partial charge in [-0.3, -0.25) is 4.79 Å². The number of likely N-dealkylation sites (N-methyl/N-ethyl adjacent to an activating group) is 1. The van der Waals surface area contributed by atoms with Crippen LogP contribution in [0.15, 0.2) is 42.7 Å². The molecule has 1 atom stereocenters. The molecule has 0 aliphatic carbocycles. The van der Waals surface area contributed by atoms with E-state index in [1.807, 2.05) is 43.1 Å². The Kier molecular flexibility index (Phi) is 5.91. The Balaban J connectivity index is 1.64. The van der Waals surface area contributed by atoms with E-state index in [0.717, 1.165) is 18.8 Å². The summed E-state index contributed by atoms with van der Waals surface area (Å²) < 4.78 is 0. The Morgan fingerprint density at radius 3 is 2.70 bits per heavy atom. The molecule has 0 saturated carbocycles. The first-order valence-electron chi connectivity index (χ1n) is 9.19. The average Bonchev–Trinajstić information content (AvgIpc) is 2.69. The van der Waals surface area contributed by atoms with Crippen molar-refractivity contribution in [3.05, 3.63) is 48.3 Å². The van der Waals surface area contributed by atoms with E-state index in [1.165, 1.54) is 11.9 Å². The maximum atomic E-state index is 11.9. The van der Waals surface area contributed by atoms with Crippen LogP contribution in [-0.4, -0.2) is 65.7 Å². The number of carbonyl (C=O) groups is 1. The van der Waals surface area contributed by atoms with E-state index < -0.39 is 0 Å². The number of benzene rings is 1. The normalized spacial score (nSPS) is 16.9. The summed E-state index contributed by atoms with van der Waals surface area (Å²) in [6, 6.07) is 12.0. The van der Waals surface area contributed by atoms with Crippen molar-refractivity contribution in [1.29, 1.82) is 0 Å². The van der Waals surface area contributed by atoms with E-state index in [1.54, 1.807) is 4.90 Å². The van der Waals surface area contributed by atoms with Gasteiger partial charge in [0.25, 0.3) is 0 Å². The third kappa shape index (κ3) is 4.95. The van der Waals surface area contributed by atoms with E-state index >= 15 is 0 Å². The number of anilines is 2. The first-order chi connectivity index (χ1) is 13.0. The Hall–Kier alpha value is -2.67. The standard InChI is InChI=1S/C20H27N5O2/c1-20(14-26,11-16-6-4-3-5-7-16)13-21-17-10-18(23-15-22-17)25-9-8-24(2)19(27)12-25/h3-7,10,15,26H,8-9,11-14H2,1-2H3,(H,21,22,23). The van der Waals surface area contributed by atoms with Gasteiger partial charge in [0.15, 0.2) is 0 Å². The summed E-state index contributed by atoms with van der Waals surface area (Å²) in [5, 5.41) is 13.2. The van der Waals surface area contributed by atoms with Crippen molar-refractivity contribution in [2.75, 3.05) is 50.1 Å². The predicted molar refractivity (Wildman–Crippen MR) is 106 cm³/mol. The van der Waals surface area contributed by atoms with Crippen LogP contribution in [0.2, 0.25) is 0 Å². The summed E-state index contributed by atoms with van der Waals surface area (Å²) in [4.78, 5) is 24.2. The summed E-state index contributed by atoms with van der Waals surface area (Å²) in [5.74, 6) is 1.52. The Bertz CT molecular complexity index is 770. The highest BCUT2D eigenvalue weighted by molar-refractivity contribution is 5.82. The summed E-state index contributed by atoms with van der Waals surface area (Å²) in [5.41, 5.74) is 0.881. The molecule has 144 valence electrons. The van der Waals surface area contributed by atoms with Gasteiger partial charge >= 0.3 is 0 Å². The highest BCUT2D eigenvalue weighted by Crippen LogP contribution is 2.23. The molecular formula is C20H27N5O2. The Morgan fingerprint density at radius 2 is 2.00 bits per heavy atom. The molecule has 1 aromatic heterocycles. The second-order valence-electron chi connectivity index (χ2n) is 7.48. The number of nitrogens with zero attached hydrogens (tertiary/aromatic N) is 4. The Labute approximate surface area is 160 Å². The molecule has 0 spiro atoms. The third-order valence-corrected chi connectivity index (χ3v) is 4.99. The second kappa shape index (κ2) is 8.35. The lowest BCUT2D eigenvalue weighted by Crippen LogP contribution is -2.48. The van der Waals surface area contributed by atoms with Crippen molar-refractivity contribution in [3.63, 3.8) is 0 Å². The molecule has 1 saturated heterocycles. The highest BCUT2D eigenvalue weighted by Gasteiger charge is 2.25. The lowest BCUT2D eigenvalue weighted by atomic mass is 9.84. The molecule has 1 aliphatic rings. The largest absolute Gasteiger partial charge is 0.396 e. The van der Waals surface area contributed by atoms with Crippen molar-refractivity contribution in [1.82, 2.24) is 14.9 Å². The van der Waals surface area contributed by atoms with Crippen molar-refractivity contribution < 1.29 is 9.90 Å². The SMILES string of the molecule is CN1CCN(c2cc(NCC(C)(CO)Cc3ccccc3)ncn2)CC1=O. The van der Waals surface area contributed by atoms with E-state index in [9.17, 15) is 9.90 Å². The summed E-state index contributed by atoms with van der Waals surface area (Å²) in [6.45, 7) is 4.46. The number of aromatic nitrogens is 2. The molecule has 7 nitrogen and oxygen atoms in total. The van der Waals surface area contributed by atoms with Crippen LogP contribution >= 0.6 is 0 Å². The van der Waals surface area contributed by atoms with E-state index in [4.69, 9.17) is 0 Å². The fourth-order valence-electron chi connectivity index (χ4n) is 3.14. The number of amides is 1. The summed E-state index contributed by atoms with van der Waals surface area (Å²) in [7, 11) is 1.81. The first-order valence-corrected chi connectivity index (χ1v) is 9.19. The van der Waals surface area contributed by atoms with Crippen LogP contribution in [0, 0.1) is 5.41 Å². The molecule has 1 aromatic carbocycles. The predicted octanol–water partition coefficient (Wildman–Crippen LogP) is 1.41. The van der Waals surface area contributed by atoms with Crippen LogP contribution in [0.1, 0.15) is 12.5 Å². The maximum absolute atomic E-state index is 11.9. The smallest absolute Gasteiger partial charge is 0.241 e. The molecule has 0 bridgehead atoms. The van der Waals surface area contributed by atoms with Crippen LogP contribution in [0.3, 0.4) is 0 Å². The van der Waals surface area contributed by atoms with Crippen molar-refractivity contribution >= 4 is 17.5 Å². The van der Waals surface area contributed by atoms with Gasteiger partial charge in [-0.2, -0.15) is 0 Å². The number of hydrogen-bond acceptors (Lipinski definition) is 6. The molecule has 1 unspecified atom stereocenters. The number of hydrogen-bond donors (Lipinski definition) is 2. The minimum absolute atomic E-state index is 0.0692. The van der Waals surface area contributed by atoms with Gasteiger partial charge in [0.2, 0.25) is 5.91 Å². The molecular weight excluding hydrogens is 342 g/mol. The lowest BCUT2D eigenvalue weighted by Gasteiger charge is -2.33. The summed E-state index contributed by atoms with van der Waals surface area (Å²) >= 11 is 0. The quantitative estimate of drug-likeness (QED) is 0.768. The zero-order valence-corrected chi connectivity index (χ0v) is 15.9. The van der Waals surface area contributed by atoms with E-state index in [2.05, 4.69) is 27.4 Å². The van der Waals surface area contributed by atoms with Crippen LogP contribution in [-0.2, 0) is 11.2 Å². The molecule has 1 fully saturated rings. The van der Waals surface area contributed by atoms with E-state index in [0.29, 0.717) is 25.5 Å². The molecule has 1 aliphatic heterocycles. The van der Waals surface area contributed by atoms with Gasteiger partial charge in [0, 0.05) is 38.2 Å². The molecule has 2 heterocycles. The van der Waals surface area contributed by atoms with Gasteiger partial charge in [-0.05, 0) is 12.0 Å². The second-order valence-corrected chi connectivity index (χ2v) is 7.48. The molecule has 7 heteroatoms.